The van der Waals surface area contributed by atoms with Crippen LogP contribution < -0.4 is 5.32 Å². The van der Waals surface area contributed by atoms with E-state index in [1.807, 2.05) is 0 Å². The summed E-state index contributed by atoms with van der Waals surface area (Å²) in [6.07, 6.45) is 0. The second-order valence-electron chi connectivity index (χ2n) is 4.13. The Morgan fingerprint density at radius 3 is 2.58 bits per heavy atom. The summed E-state index contributed by atoms with van der Waals surface area (Å²) in [5.41, 5.74) is 1.50. The van der Waals surface area contributed by atoms with Gasteiger partial charge >= 0.3 is 0 Å². The minimum atomic E-state index is -0.647. The van der Waals surface area contributed by atoms with E-state index >= 15 is 0 Å². The third kappa shape index (κ3) is 3.75. The van der Waals surface area contributed by atoms with E-state index in [1.54, 1.807) is 12.1 Å². The molecular weight excluding hydrogens is 316 g/mol. The van der Waals surface area contributed by atoms with Crippen LogP contribution in [-0.2, 0) is 13.1 Å². The highest BCUT2D eigenvalue weighted by Crippen LogP contribution is 2.18. The maximum absolute atomic E-state index is 13.1. The molecule has 0 saturated heterocycles. The Morgan fingerprint density at radius 1 is 1.05 bits per heavy atom. The average molecular weight is 328 g/mol. The monoisotopic (exact) mass is 327 g/mol. The number of rotatable bonds is 4. The van der Waals surface area contributed by atoms with Gasteiger partial charge in [-0.05, 0) is 41.5 Å². The molecule has 0 aliphatic carbocycles. The van der Waals surface area contributed by atoms with Crippen LogP contribution in [0.15, 0.2) is 40.9 Å². The zero-order valence-electron chi connectivity index (χ0n) is 9.96. The number of phenols is 1. The maximum Gasteiger partial charge on any atom is 0.165 e. The fraction of sp³-hybridized carbons (Fsp3) is 0.143. The normalized spacial score (nSPS) is 10.7. The number of phenolic OH excluding ortho intramolecular Hbond substituents is 1. The van der Waals surface area contributed by atoms with Gasteiger partial charge in [-0.1, -0.05) is 22.0 Å². The summed E-state index contributed by atoms with van der Waals surface area (Å²) < 4.78 is 27.0. The number of nitrogens with one attached hydrogen (secondary N) is 1. The van der Waals surface area contributed by atoms with Crippen molar-refractivity contribution in [2.45, 2.75) is 13.1 Å². The van der Waals surface area contributed by atoms with Gasteiger partial charge in [0.1, 0.15) is 5.82 Å². The van der Waals surface area contributed by atoms with Crippen molar-refractivity contribution in [3.05, 3.63) is 63.6 Å². The molecule has 0 unspecified atom stereocenters. The van der Waals surface area contributed by atoms with Gasteiger partial charge < -0.3 is 10.4 Å². The molecular formula is C14H12BrF2NO. The summed E-state index contributed by atoms with van der Waals surface area (Å²) in [6.45, 7) is 0.890. The summed E-state index contributed by atoms with van der Waals surface area (Å²) in [7, 11) is 0. The van der Waals surface area contributed by atoms with Gasteiger partial charge in [0.25, 0.3) is 0 Å². The lowest BCUT2D eigenvalue weighted by Gasteiger charge is -2.08. The molecule has 2 aromatic carbocycles. The van der Waals surface area contributed by atoms with Crippen molar-refractivity contribution < 1.29 is 13.9 Å². The fourth-order valence-corrected chi connectivity index (χ4v) is 2.07. The van der Waals surface area contributed by atoms with E-state index in [0.717, 1.165) is 10.0 Å². The molecule has 0 heterocycles. The molecule has 0 aliphatic heterocycles. The molecule has 2 nitrogen and oxygen atoms in total. The zero-order chi connectivity index (χ0) is 13.8. The summed E-state index contributed by atoms with van der Waals surface area (Å²) in [5.74, 6) is -1.31. The van der Waals surface area contributed by atoms with Crippen LogP contribution in [0.1, 0.15) is 11.1 Å². The summed E-state index contributed by atoms with van der Waals surface area (Å²) >= 11 is 3.34. The number of hydrogen-bond donors (Lipinski definition) is 2. The molecule has 0 radical (unpaired) electrons. The highest BCUT2D eigenvalue weighted by molar-refractivity contribution is 9.10. The predicted octanol–water partition coefficient (Wildman–Crippen LogP) is 3.72. The quantitative estimate of drug-likeness (QED) is 0.896. The molecule has 0 saturated carbocycles. The first-order chi connectivity index (χ1) is 9.06. The number of halogens is 3. The lowest BCUT2D eigenvalue weighted by atomic mass is 10.2. The van der Waals surface area contributed by atoms with Crippen molar-refractivity contribution in [3.63, 3.8) is 0 Å². The smallest absolute Gasteiger partial charge is 0.165 e. The van der Waals surface area contributed by atoms with Crippen LogP contribution >= 0.6 is 15.9 Å². The van der Waals surface area contributed by atoms with E-state index < -0.39 is 5.82 Å². The van der Waals surface area contributed by atoms with Crippen molar-refractivity contribution in [1.29, 1.82) is 0 Å². The van der Waals surface area contributed by atoms with Gasteiger partial charge in [0.15, 0.2) is 11.6 Å². The molecule has 2 rings (SSSR count). The molecule has 100 valence electrons. The molecule has 2 aromatic rings. The van der Waals surface area contributed by atoms with Gasteiger partial charge in [-0.25, -0.2) is 8.78 Å². The first kappa shape index (κ1) is 14.0. The van der Waals surface area contributed by atoms with Crippen molar-refractivity contribution in [1.82, 2.24) is 5.32 Å². The van der Waals surface area contributed by atoms with Crippen LogP contribution in [0.3, 0.4) is 0 Å². The van der Waals surface area contributed by atoms with Crippen molar-refractivity contribution >= 4 is 15.9 Å². The molecule has 2 N–H and O–H groups in total. The Labute approximate surface area is 118 Å². The van der Waals surface area contributed by atoms with Crippen molar-refractivity contribution in [2.24, 2.45) is 0 Å². The molecule has 0 amide bonds. The SMILES string of the molecule is Oc1ccc(CNCc2cc(F)ccc2Br)cc1F. The second kappa shape index (κ2) is 6.12. The van der Waals surface area contributed by atoms with E-state index in [9.17, 15) is 8.78 Å². The topological polar surface area (TPSA) is 32.3 Å². The number of benzene rings is 2. The number of hydrogen-bond acceptors (Lipinski definition) is 2. The standard InChI is InChI=1S/C14H12BrF2NO/c15-12-3-2-11(16)6-10(12)8-18-7-9-1-4-14(19)13(17)5-9/h1-6,18-19H,7-8H2. The molecule has 0 aliphatic rings. The van der Waals surface area contributed by atoms with Gasteiger partial charge in [0.2, 0.25) is 0 Å². The summed E-state index contributed by atoms with van der Waals surface area (Å²) in [5, 5.41) is 12.2. The first-order valence-electron chi connectivity index (χ1n) is 5.68. The Kier molecular flexibility index (Phi) is 4.50. The van der Waals surface area contributed by atoms with Gasteiger partial charge in [0, 0.05) is 17.6 Å². The Morgan fingerprint density at radius 2 is 1.84 bits per heavy atom. The average Bonchev–Trinajstić information content (AvgIpc) is 2.38. The summed E-state index contributed by atoms with van der Waals surface area (Å²) in [4.78, 5) is 0. The van der Waals surface area contributed by atoms with Crippen molar-refractivity contribution in [3.8, 4) is 5.75 Å². The van der Waals surface area contributed by atoms with Gasteiger partial charge in [0.05, 0.1) is 0 Å². The lowest BCUT2D eigenvalue weighted by molar-refractivity contribution is 0.431. The molecule has 19 heavy (non-hydrogen) atoms. The largest absolute Gasteiger partial charge is 0.505 e. The Hall–Kier alpha value is -1.46. The van der Waals surface area contributed by atoms with E-state index in [1.165, 1.54) is 24.3 Å². The highest BCUT2D eigenvalue weighted by atomic mass is 79.9. The van der Waals surface area contributed by atoms with E-state index in [0.29, 0.717) is 18.7 Å². The number of aromatic hydroxyl groups is 1. The highest BCUT2D eigenvalue weighted by Gasteiger charge is 2.03. The predicted molar refractivity (Wildman–Crippen MR) is 72.7 cm³/mol. The molecule has 5 heteroatoms. The van der Waals surface area contributed by atoms with Gasteiger partial charge in [-0.15, -0.1) is 0 Å². The van der Waals surface area contributed by atoms with Gasteiger partial charge in [-0.2, -0.15) is 0 Å². The van der Waals surface area contributed by atoms with Crippen LogP contribution in [0.5, 0.6) is 5.75 Å². The lowest BCUT2D eigenvalue weighted by Crippen LogP contribution is -2.13. The van der Waals surface area contributed by atoms with E-state index in [-0.39, 0.29) is 11.6 Å². The maximum atomic E-state index is 13.1. The minimum Gasteiger partial charge on any atom is -0.505 e. The third-order valence-electron chi connectivity index (χ3n) is 2.66. The van der Waals surface area contributed by atoms with Crippen LogP contribution in [0.4, 0.5) is 8.78 Å². The minimum absolute atomic E-state index is 0.296. The molecule has 0 bridgehead atoms. The Bertz CT molecular complexity index is 590. The molecule has 0 fully saturated rings. The fourth-order valence-electron chi connectivity index (χ4n) is 1.68. The molecule has 0 atom stereocenters. The second-order valence-corrected chi connectivity index (χ2v) is 4.98. The van der Waals surface area contributed by atoms with Crippen LogP contribution in [-0.4, -0.2) is 5.11 Å². The van der Waals surface area contributed by atoms with Gasteiger partial charge in [-0.3, -0.25) is 0 Å². The van der Waals surface area contributed by atoms with E-state index in [2.05, 4.69) is 21.2 Å². The first-order valence-corrected chi connectivity index (χ1v) is 6.47. The zero-order valence-corrected chi connectivity index (χ0v) is 11.5. The van der Waals surface area contributed by atoms with Crippen LogP contribution in [0.2, 0.25) is 0 Å². The third-order valence-corrected chi connectivity index (χ3v) is 3.44. The molecule has 0 spiro atoms. The van der Waals surface area contributed by atoms with E-state index in [4.69, 9.17) is 5.11 Å². The summed E-state index contributed by atoms with van der Waals surface area (Å²) in [6, 6.07) is 8.67. The molecule has 0 aromatic heterocycles. The van der Waals surface area contributed by atoms with Crippen LogP contribution in [0.25, 0.3) is 0 Å². The Balaban J connectivity index is 1.96. The van der Waals surface area contributed by atoms with Crippen molar-refractivity contribution in [2.75, 3.05) is 0 Å². The van der Waals surface area contributed by atoms with Crippen LogP contribution in [0, 0.1) is 11.6 Å².